The molecule has 0 bridgehead atoms. The fourth-order valence-corrected chi connectivity index (χ4v) is 4.36. The second-order valence-corrected chi connectivity index (χ2v) is 10.5. The van der Waals surface area contributed by atoms with Crippen molar-refractivity contribution in [2.75, 3.05) is 18.5 Å². The maximum absolute atomic E-state index is 12.5. The highest BCUT2D eigenvalue weighted by Crippen LogP contribution is 2.30. The van der Waals surface area contributed by atoms with E-state index in [-0.39, 0.29) is 22.8 Å². The number of benzene rings is 3. The highest BCUT2D eigenvalue weighted by Gasteiger charge is 2.19. The Bertz CT molecular complexity index is 1170. The van der Waals surface area contributed by atoms with Crippen molar-refractivity contribution in [3.8, 4) is 5.75 Å². The maximum atomic E-state index is 12.5. The first-order chi connectivity index (χ1) is 15.6. The van der Waals surface area contributed by atoms with Crippen molar-refractivity contribution in [1.82, 2.24) is 4.72 Å². The summed E-state index contributed by atoms with van der Waals surface area (Å²) in [5.74, 6) is 0.346. The van der Waals surface area contributed by atoms with Crippen LogP contribution in [0, 0.1) is 0 Å². The molecule has 0 aliphatic carbocycles. The first-order valence-electron chi connectivity index (χ1n) is 10.8. The highest BCUT2D eigenvalue weighted by molar-refractivity contribution is 7.89. The van der Waals surface area contributed by atoms with E-state index < -0.39 is 10.0 Å². The van der Waals surface area contributed by atoms with Crippen molar-refractivity contribution in [2.45, 2.75) is 37.5 Å². The number of anilines is 1. The van der Waals surface area contributed by atoms with Crippen molar-refractivity contribution < 1.29 is 17.9 Å². The first kappa shape index (κ1) is 24.5. The molecular formula is C26H30N2O4S. The summed E-state index contributed by atoms with van der Waals surface area (Å²) in [5, 5.41) is 2.73. The zero-order valence-corrected chi connectivity index (χ0v) is 20.0. The molecule has 3 aromatic rings. The molecule has 0 spiro atoms. The third-order valence-corrected chi connectivity index (χ3v) is 6.53. The summed E-state index contributed by atoms with van der Waals surface area (Å²) in [7, 11) is -3.63. The van der Waals surface area contributed by atoms with Gasteiger partial charge in [0.2, 0.25) is 10.0 Å². The summed E-state index contributed by atoms with van der Waals surface area (Å²) < 4.78 is 33.4. The van der Waals surface area contributed by atoms with E-state index in [4.69, 9.17) is 4.74 Å². The second-order valence-electron chi connectivity index (χ2n) is 8.74. The van der Waals surface area contributed by atoms with E-state index in [2.05, 4.69) is 30.8 Å². The van der Waals surface area contributed by atoms with Crippen LogP contribution in [0.2, 0.25) is 0 Å². The van der Waals surface area contributed by atoms with Gasteiger partial charge in [-0.3, -0.25) is 4.79 Å². The number of amides is 1. The minimum Gasteiger partial charge on any atom is -0.483 e. The number of ether oxygens (including phenoxy) is 1. The summed E-state index contributed by atoms with van der Waals surface area (Å²) in [6, 6.07) is 23.4. The fourth-order valence-electron chi connectivity index (χ4n) is 3.33. The number of carbonyl (C=O) groups is 1. The summed E-state index contributed by atoms with van der Waals surface area (Å²) in [4.78, 5) is 12.5. The Labute approximate surface area is 196 Å². The molecule has 174 valence electrons. The zero-order valence-electron chi connectivity index (χ0n) is 19.2. The normalized spacial score (nSPS) is 11.7. The van der Waals surface area contributed by atoms with Crippen LogP contribution in [0.3, 0.4) is 0 Å². The van der Waals surface area contributed by atoms with E-state index in [1.54, 1.807) is 12.1 Å². The van der Waals surface area contributed by atoms with Crippen LogP contribution in [0.15, 0.2) is 83.8 Å². The van der Waals surface area contributed by atoms with Crippen molar-refractivity contribution in [1.29, 1.82) is 0 Å². The monoisotopic (exact) mass is 466 g/mol. The van der Waals surface area contributed by atoms with Gasteiger partial charge in [-0.25, -0.2) is 13.1 Å². The average Bonchev–Trinajstić information content (AvgIpc) is 2.78. The molecule has 7 heteroatoms. The molecule has 0 aromatic heterocycles. The van der Waals surface area contributed by atoms with Crippen LogP contribution in [-0.2, 0) is 26.7 Å². The van der Waals surface area contributed by atoms with Crippen molar-refractivity contribution >= 4 is 21.6 Å². The van der Waals surface area contributed by atoms with E-state index >= 15 is 0 Å². The van der Waals surface area contributed by atoms with Crippen molar-refractivity contribution in [3.05, 3.63) is 90.0 Å². The molecule has 2 N–H and O–H groups in total. The Morgan fingerprint density at radius 3 is 2.18 bits per heavy atom. The van der Waals surface area contributed by atoms with E-state index in [1.807, 2.05) is 54.6 Å². The Kier molecular flexibility index (Phi) is 7.89. The highest BCUT2D eigenvalue weighted by atomic mass is 32.2. The van der Waals surface area contributed by atoms with Gasteiger partial charge in [-0.1, -0.05) is 69.3 Å². The molecule has 0 radical (unpaired) electrons. The van der Waals surface area contributed by atoms with E-state index in [0.717, 1.165) is 11.1 Å². The number of rotatable bonds is 9. The van der Waals surface area contributed by atoms with Crippen LogP contribution in [0.25, 0.3) is 0 Å². The Morgan fingerprint density at radius 2 is 1.52 bits per heavy atom. The molecule has 3 aromatic carbocycles. The number of hydrogen-bond acceptors (Lipinski definition) is 4. The Morgan fingerprint density at radius 1 is 0.879 bits per heavy atom. The minimum absolute atomic E-state index is 0.108. The number of hydrogen-bond donors (Lipinski definition) is 2. The molecule has 0 unspecified atom stereocenters. The van der Waals surface area contributed by atoms with Crippen LogP contribution in [-0.4, -0.2) is 27.5 Å². The third-order valence-electron chi connectivity index (χ3n) is 5.05. The number of sulfonamides is 1. The predicted molar refractivity (Wildman–Crippen MR) is 131 cm³/mol. The summed E-state index contributed by atoms with van der Waals surface area (Å²) in [5.41, 5.74) is 2.47. The van der Waals surface area contributed by atoms with Crippen molar-refractivity contribution in [3.63, 3.8) is 0 Å². The lowest BCUT2D eigenvalue weighted by molar-refractivity contribution is -0.118. The average molecular weight is 467 g/mol. The summed E-state index contributed by atoms with van der Waals surface area (Å²) in [6.07, 6.45) is 0.604. The Balaban J connectivity index is 1.53. The lowest BCUT2D eigenvalue weighted by Gasteiger charge is -2.22. The van der Waals surface area contributed by atoms with Crippen LogP contribution < -0.4 is 14.8 Å². The molecule has 0 saturated carbocycles. The number of nitrogens with one attached hydrogen (secondary N) is 2. The zero-order chi connectivity index (χ0) is 23.9. The van der Waals surface area contributed by atoms with Gasteiger partial charge in [0.05, 0.1) is 4.90 Å². The van der Waals surface area contributed by atoms with Gasteiger partial charge in [-0.05, 0) is 53.3 Å². The topological polar surface area (TPSA) is 84.5 Å². The fraction of sp³-hybridized carbons (Fsp3) is 0.269. The minimum atomic E-state index is -3.63. The maximum Gasteiger partial charge on any atom is 0.262 e. The van der Waals surface area contributed by atoms with Gasteiger partial charge in [0.1, 0.15) is 5.75 Å². The molecule has 0 atom stereocenters. The third kappa shape index (κ3) is 7.17. The molecule has 6 nitrogen and oxygen atoms in total. The van der Waals surface area contributed by atoms with Gasteiger partial charge in [0.25, 0.3) is 5.91 Å². The lowest BCUT2D eigenvalue weighted by atomic mass is 9.86. The van der Waals surface area contributed by atoms with E-state index in [9.17, 15) is 13.2 Å². The smallest absolute Gasteiger partial charge is 0.262 e. The largest absolute Gasteiger partial charge is 0.483 e. The quantitative estimate of drug-likeness (QED) is 0.486. The molecule has 0 heterocycles. The lowest BCUT2D eigenvalue weighted by Crippen LogP contribution is -2.26. The van der Waals surface area contributed by atoms with Crippen LogP contribution in [0.5, 0.6) is 5.75 Å². The molecule has 33 heavy (non-hydrogen) atoms. The molecular weight excluding hydrogens is 436 g/mol. The predicted octanol–water partition coefficient (Wildman–Crippen LogP) is 4.52. The van der Waals surface area contributed by atoms with E-state index in [0.29, 0.717) is 24.4 Å². The van der Waals surface area contributed by atoms with Gasteiger partial charge >= 0.3 is 0 Å². The molecule has 0 fully saturated rings. The summed E-state index contributed by atoms with van der Waals surface area (Å²) >= 11 is 0. The molecule has 3 rings (SSSR count). The van der Waals surface area contributed by atoms with Gasteiger partial charge in [-0.2, -0.15) is 0 Å². The number of carbonyl (C=O) groups excluding carboxylic acids is 1. The first-order valence-corrected chi connectivity index (χ1v) is 12.3. The van der Waals surface area contributed by atoms with E-state index in [1.165, 1.54) is 12.1 Å². The second kappa shape index (κ2) is 10.6. The SMILES string of the molecule is CC(C)(C)c1ccccc1OCC(=O)Nc1ccc(S(=O)(=O)NCCc2ccccc2)cc1. The van der Waals surface area contributed by atoms with Gasteiger partial charge in [-0.15, -0.1) is 0 Å². The molecule has 0 aliphatic heterocycles. The van der Waals surface area contributed by atoms with Crippen LogP contribution in [0.1, 0.15) is 31.9 Å². The molecule has 0 aliphatic rings. The van der Waals surface area contributed by atoms with Crippen LogP contribution >= 0.6 is 0 Å². The molecule has 0 saturated heterocycles. The standard InChI is InChI=1S/C26H30N2O4S/c1-26(2,3)23-11-7-8-12-24(23)32-19-25(29)28-21-13-15-22(16-14-21)33(30,31)27-18-17-20-9-5-4-6-10-20/h4-16,27H,17-19H2,1-3H3,(H,28,29). The number of para-hydroxylation sites is 1. The Hall–Kier alpha value is -3.16. The van der Waals surface area contributed by atoms with Crippen molar-refractivity contribution in [2.24, 2.45) is 0 Å². The van der Waals surface area contributed by atoms with Crippen LogP contribution in [0.4, 0.5) is 5.69 Å². The van der Waals surface area contributed by atoms with Gasteiger partial charge < -0.3 is 10.1 Å². The summed E-state index contributed by atoms with van der Waals surface area (Å²) in [6.45, 7) is 6.41. The van der Waals surface area contributed by atoms with Gasteiger partial charge in [0.15, 0.2) is 6.61 Å². The molecule has 1 amide bonds. The van der Waals surface area contributed by atoms with Gasteiger partial charge in [0, 0.05) is 12.2 Å².